The van der Waals surface area contributed by atoms with E-state index >= 15 is 0 Å². The zero-order valence-corrected chi connectivity index (χ0v) is 11.8. The minimum absolute atomic E-state index is 0.0638. The summed E-state index contributed by atoms with van der Waals surface area (Å²) in [6.07, 6.45) is 0. The van der Waals surface area contributed by atoms with Crippen molar-refractivity contribution in [3.63, 3.8) is 0 Å². The highest BCUT2D eigenvalue weighted by Crippen LogP contribution is 2.25. The Bertz CT molecular complexity index is 623. The van der Waals surface area contributed by atoms with Crippen molar-refractivity contribution in [2.45, 2.75) is 6.61 Å². The molecular weight excluding hydrogens is 275 g/mol. The van der Waals surface area contributed by atoms with Crippen LogP contribution in [0.25, 0.3) is 0 Å². The zero-order valence-electron chi connectivity index (χ0n) is 11.8. The first-order valence-electron chi connectivity index (χ1n) is 6.27. The Kier molecular flexibility index (Phi) is 4.77. The maximum absolute atomic E-state index is 12.8. The van der Waals surface area contributed by atoms with Crippen LogP contribution in [0.4, 0.5) is 4.39 Å². The highest BCUT2D eigenvalue weighted by Gasteiger charge is 2.14. The maximum Gasteiger partial charge on any atom is 0.342 e. The largest absolute Gasteiger partial charge is 0.497 e. The molecule has 0 unspecified atom stereocenters. The van der Waals surface area contributed by atoms with E-state index in [2.05, 4.69) is 0 Å². The smallest absolute Gasteiger partial charge is 0.342 e. The third-order valence-electron chi connectivity index (χ3n) is 2.91. The van der Waals surface area contributed by atoms with Crippen LogP contribution in [0.5, 0.6) is 11.5 Å². The molecule has 5 heteroatoms. The molecule has 2 rings (SSSR count). The molecule has 0 amide bonds. The fourth-order valence-electron chi connectivity index (χ4n) is 1.77. The van der Waals surface area contributed by atoms with Crippen LogP contribution >= 0.6 is 0 Å². The van der Waals surface area contributed by atoms with Gasteiger partial charge in [0.15, 0.2) is 0 Å². The Morgan fingerprint density at radius 2 is 1.76 bits per heavy atom. The number of ether oxygens (including phenoxy) is 3. The molecule has 0 aliphatic rings. The maximum atomic E-state index is 12.8. The van der Waals surface area contributed by atoms with E-state index in [9.17, 15) is 9.18 Å². The Hall–Kier alpha value is -2.56. The van der Waals surface area contributed by atoms with Crippen molar-refractivity contribution in [1.29, 1.82) is 0 Å². The van der Waals surface area contributed by atoms with E-state index in [-0.39, 0.29) is 12.4 Å². The lowest BCUT2D eigenvalue weighted by atomic mass is 10.2. The molecule has 0 atom stereocenters. The number of methoxy groups -OCH3 is 2. The highest BCUT2D eigenvalue weighted by atomic mass is 19.1. The molecule has 0 fully saturated rings. The van der Waals surface area contributed by atoms with E-state index in [4.69, 9.17) is 14.2 Å². The van der Waals surface area contributed by atoms with E-state index in [1.165, 1.54) is 26.4 Å². The SMILES string of the molecule is COc1ccc(C(=O)OCc2ccc(F)cc2)c(OC)c1. The molecule has 0 bridgehead atoms. The Morgan fingerprint density at radius 1 is 1.05 bits per heavy atom. The van der Waals surface area contributed by atoms with Crippen LogP contribution in [-0.2, 0) is 11.3 Å². The second-order valence-electron chi connectivity index (χ2n) is 4.27. The van der Waals surface area contributed by atoms with Gasteiger partial charge in [0.1, 0.15) is 29.5 Å². The highest BCUT2D eigenvalue weighted by molar-refractivity contribution is 5.92. The van der Waals surface area contributed by atoms with Gasteiger partial charge in [-0.2, -0.15) is 0 Å². The number of halogens is 1. The molecule has 2 aromatic rings. The summed E-state index contributed by atoms with van der Waals surface area (Å²) >= 11 is 0. The summed E-state index contributed by atoms with van der Waals surface area (Å²) in [6, 6.07) is 10.6. The molecule has 0 saturated carbocycles. The number of carbonyl (C=O) groups is 1. The van der Waals surface area contributed by atoms with Crippen LogP contribution in [0.1, 0.15) is 15.9 Å². The zero-order chi connectivity index (χ0) is 15.2. The number of rotatable bonds is 5. The van der Waals surface area contributed by atoms with Crippen molar-refractivity contribution >= 4 is 5.97 Å². The Labute approximate surface area is 122 Å². The summed E-state index contributed by atoms with van der Waals surface area (Å²) in [7, 11) is 2.99. The van der Waals surface area contributed by atoms with Gasteiger partial charge < -0.3 is 14.2 Å². The monoisotopic (exact) mass is 290 g/mol. The molecule has 0 aromatic heterocycles. The fraction of sp³-hybridized carbons (Fsp3) is 0.188. The summed E-state index contributed by atoms with van der Waals surface area (Å²) in [6.45, 7) is 0.0638. The summed E-state index contributed by atoms with van der Waals surface area (Å²) in [4.78, 5) is 12.0. The molecule has 0 N–H and O–H groups in total. The van der Waals surface area contributed by atoms with Crippen molar-refractivity contribution < 1.29 is 23.4 Å². The van der Waals surface area contributed by atoms with Crippen LogP contribution in [0, 0.1) is 5.82 Å². The van der Waals surface area contributed by atoms with Gasteiger partial charge in [0, 0.05) is 6.07 Å². The molecule has 0 heterocycles. The van der Waals surface area contributed by atoms with Crippen LogP contribution in [-0.4, -0.2) is 20.2 Å². The predicted octanol–water partition coefficient (Wildman–Crippen LogP) is 3.20. The first-order chi connectivity index (χ1) is 10.1. The number of hydrogen-bond donors (Lipinski definition) is 0. The number of benzene rings is 2. The lowest BCUT2D eigenvalue weighted by Gasteiger charge is -2.10. The van der Waals surface area contributed by atoms with Gasteiger partial charge in [-0.05, 0) is 29.8 Å². The van der Waals surface area contributed by atoms with Gasteiger partial charge in [0.05, 0.1) is 14.2 Å². The molecule has 0 aliphatic carbocycles. The minimum Gasteiger partial charge on any atom is -0.497 e. The summed E-state index contributed by atoms with van der Waals surface area (Å²) in [5.41, 5.74) is 1.01. The van der Waals surface area contributed by atoms with E-state index in [1.54, 1.807) is 30.3 Å². The van der Waals surface area contributed by atoms with Crippen LogP contribution in [0.15, 0.2) is 42.5 Å². The second-order valence-corrected chi connectivity index (χ2v) is 4.27. The van der Waals surface area contributed by atoms with Gasteiger partial charge >= 0.3 is 5.97 Å². The predicted molar refractivity (Wildman–Crippen MR) is 75.1 cm³/mol. The lowest BCUT2D eigenvalue weighted by molar-refractivity contribution is 0.0469. The van der Waals surface area contributed by atoms with Crippen LogP contribution in [0.2, 0.25) is 0 Å². The first kappa shape index (κ1) is 14.8. The van der Waals surface area contributed by atoms with E-state index in [0.29, 0.717) is 22.6 Å². The summed E-state index contributed by atoms with van der Waals surface area (Å²) in [5.74, 6) is 0.112. The molecule has 0 radical (unpaired) electrons. The van der Waals surface area contributed by atoms with Gasteiger partial charge in [-0.25, -0.2) is 9.18 Å². The number of esters is 1. The van der Waals surface area contributed by atoms with Gasteiger partial charge in [-0.3, -0.25) is 0 Å². The van der Waals surface area contributed by atoms with Crippen LogP contribution in [0.3, 0.4) is 0 Å². The molecule has 110 valence electrons. The molecule has 2 aromatic carbocycles. The molecular formula is C16H15FO4. The molecule has 0 saturated heterocycles. The third kappa shape index (κ3) is 3.72. The molecule has 21 heavy (non-hydrogen) atoms. The van der Waals surface area contributed by atoms with Gasteiger partial charge in [-0.1, -0.05) is 12.1 Å². The first-order valence-corrected chi connectivity index (χ1v) is 6.27. The van der Waals surface area contributed by atoms with Crippen molar-refractivity contribution in [3.8, 4) is 11.5 Å². The Balaban J connectivity index is 2.07. The topological polar surface area (TPSA) is 44.8 Å². The van der Waals surface area contributed by atoms with Crippen molar-refractivity contribution in [1.82, 2.24) is 0 Å². The molecule has 0 spiro atoms. The number of carbonyl (C=O) groups excluding carboxylic acids is 1. The normalized spacial score (nSPS) is 10.0. The van der Waals surface area contributed by atoms with Crippen LogP contribution < -0.4 is 9.47 Å². The summed E-state index contributed by atoms with van der Waals surface area (Å²) in [5, 5.41) is 0. The third-order valence-corrected chi connectivity index (χ3v) is 2.91. The fourth-order valence-corrected chi connectivity index (χ4v) is 1.77. The summed E-state index contributed by atoms with van der Waals surface area (Å²) < 4.78 is 28.2. The van der Waals surface area contributed by atoms with E-state index in [0.717, 1.165) is 0 Å². The standard InChI is InChI=1S/C16H15FO4/c1-19-13-7-8-14(15(9-13)20-2)16(18)21-10-11-3-5-12(17)6-4-11/h3-9H,10H2,1-2H3. The van der Waals surface area contributed by atoms with Gasteiger partial charge in [0.25, 0.3) is 0 Å². The number of hydrogen-bond acceptors (Lipinski definition) is 4. The minimum atomic E-state index is -0.515. The van der Waals surface area contributed by atoms with Crippen molar-refractivity contribution in [3.05, 3.63) is 59.4 Å². The van der Waals surface area contributed by atoms with Crippen molar-refractivity contribution in [2.75, 3.05) is 14.2 Å². The average molecular weight is 290 g/mol. The van der Waals surface area contributed by atoms with Gasteiger partial charge in [0.2, 0.25) is 0 Å². The average Bonchev–Trinajstić information content (AvgIpc) is 2.53. The Morgan fingerprint density at radius 3 is 2.38 bits per heavy atom. The van der Waals surface area contributed by atoms with Crippen molar-refractivity contribution in [2.24, 2.45) is 0 Å². The quantitative estimate of drug-likeness (QED) is 0.793. The van der Waals surface area contributed by atoms with E-state index in [1.807, 2.05) is 0 Å². The van der Waals surface area contributed by atoms with E-state index < -0.39 is 5.97 Å². The second kappa shape index (κ2) is 6.74. The molecule has 4 nitrogen and oxygen atoms in total. The lowest BCUT2D eigenvalue weighted by Crippen LogP contribution is -2.07. The van der Waals surface area contributed by atoms with Gasteiger partial charge in [-0.15, -0.1) is 0 Å². The molecule has 0 aliphatic heterocycles.